The van der Waals surface area contributed by atoms with Gasteiger partial charge in [0.15, 0.2) is 0 Å². The second-order valence-electron chi connectivity index (χ2n) is 5.84. The standard InChI is InChI=1S/C16H27NO2S2/c1-3-10-17-14(8-6-11-21(18,19)4-2)16-12-13-7-5-9-15(13)20-16/h12,14,17H,3-11H2,1-2H3. The summed E-state index contributed by atoms with van der Waals surface area (Å²) >= 11 is 1.93. The van der Waals surface area contributed by atoms with E-state index >= 15 is 0 Å². The summed E-state index contributed by atoms with van der Waals surface area (Å²) in [5.41, 5.74) is 1.53. The molecule has 0 aliphatic heterocycles. The summed E-state index contributed by atoms with van der Waals surface area (Å²) in [5, 5.41) is 3.59. The Labute approximate surface area is 133 Å². The number of thiophene rings is 1. The lowest BCUT2D eigenvalue weighted by Gasteiger charge is -2.17. The van der Waals surface area contributed by atoms with Crippen molar-refractivity contribution in [2.75, 3.05) is 18.1 Å². The Kier molecular flexibility index (Phi) is 6.26. The van der Waals surface area contributed by atoms with Crippen molar-refractivity contribution >= 4 is 21.2 Å². The van der Waals surface area contributed by atoms with Crippen LogP contribution in [0.4, 0.5) is 0 Å². The Morgan fingerprint density at radius 2 is 2.14 bits per heavy atom. The fraction of sp³-hybridized carbons (Fsp3) is 0.750. The predicted molar refractivity (Wildman–Crippen MR) is 90.9 cm³/mol. The summed E-state index contributed by atoms with van der Waals surface area (Å²) in [6.45, 7) is 4.89. The zero-order valence-electron chi connectivity index (χ0n) is 13.2. The summed E-state index contributed by atoms with van der Waals surface area (Å²) in [7, 11) is -2.84. The highest BCUT2D eigenvalue weighted by Gasteiger charge is 2.20. The molecule has 0 saturated carbocycles. The van der Waals surface area contributed by atoms with Gasteiger partial charge in [-0.2, -0.15) is 0 Å². The van der Waals surface area contributed by atoms with E-state index in [1.54, 1.807) is 11.8 Å². The monoisotopic (exact) mass is 329 g/mol. The zero-order chi connectivity index (χ0) is 15.3. The maximum Gasteiger partial charge on any atom is 0.150 e. The van der Waals surface area contributed by atoms with Crippen LogP contribution in [0.1, 0.15) is 60.9 Å². The van der Waals surface area contributed by atoms with Crippen molar-refractivity contribution in [3.63, 3.8) is 0 Å². The van der Waals surface area contributed by atoms with E-state index in [1.165, 1.54) is 29.7 Å². The average molecular weight is 330 g/mol. The van der Waals surface area contributed by atoms with Crippen molar-refractivity contribution in [2.24, 2.45) is 0 Å². The Bertz CT molecular complexity index is 527. The van der Waals surface area contributed by atoms with Crippen molar-refractivity contribution < 1.29 is 8.42 Å². The number of hydrogen-bond donors (Lipinski definition) is 1. The van der Waals surface area contributed by atoms with Gasteiger partial charge in [-0.3, -0.25) is 0 Å². The first-order valence-corrected chi connectivity index (χ1v) is 10.7. The van der Waals surface area contributed by atoms with E-state index in [0.717, 1.165) is 25.8 Å². The lowest BCUT2D eigenvalue weighted by molar-refractivity contribution is 0.498. The van der Waals surface area contributed by atoms with Crippen LogP contribution in [0.3, 0.4) is 0 Å². The first kappa shape index (κ1) is 17.0. The van der Waals surface area contributed by atoms with Crippen LogP contribution in [0.5, 0.6) is 0 Å². The first-order valence-electron chi connectivity index (χ1n) is 8.11. The van der Waals surface area contributed by atoms with Crippen molar-refractivity contribution in [1.29, 1.82) is 0 Å². The van der Waals surface area contributed by atoms with Gasteiger partial charge in [0.1, 0.15) is 9.84 Å². The number of hydrogen-bond acceptors (Lipinski definition) is 4. The topological polar surface area (TPSA) is 46.2 Å². The quantitative estimate of drug-likeness (QED) is 0.754. The van der Waals surface area contributed by atoms with E-state index in [2.05, 4.69) is 18.3 Å². The predicted octanol–water partition coefficient (Wildman–Crippen LogP) is 3.49. The van der Waals surface area contributed by atoms with Gasteiger partial charge in [-0.05, 0) is 56.7 Å². The molecule has 21 heavy (non-hydrogen) atoms. The Hall–Kier alpha value is -0.390. The molecular formula is C16H27NO2S2. The summed E-state index contributed by atoms with van der Waals surface area (Å²) in [4.78, 5) is 2.96. The van der Waals surface area contributed by atoms with Gasteiger partial charge in [-0.25, -0.2) is 8.42 Å². The average Bonchev–Trinajstić information content (AvgIpc) is 3.03. The van der Waals surface area contributed by atoms with Crippen LogP contribution in [-0.4, -0.2) is 26.5 Å². The minimum absolute atomic E-state index is 0.257. The lowest BCUT2D eigenvalue weighted by Crippen LogP contribution is -2.22. The van der Waals surface area contributed by atoms with Crippen molar-refractivity contribution in [1.82, 2.24) is 5.32 Å². The van der Waals surface area contributed by atoms with Crippen LogP contribution in [0.25, 0.3) is 0 Å². The van der Waals surface area contributed by atoms with Crippen molar-refractivity contribution in [2.45, 2.75) is 58.4 Å². The molecule has 120 valence electrons. The van der Waals surface area contributed by atoms with Crippen LogP contribution in [0.15, 0.2) is 6.07 Å². The van der Waals surface area contributed by atoms with E-state index in [9.17, 15) is 8.42 Å². The van der Waals surface area contributed by atoms with Crippen LogP contribution >= 0.6 is 11.3 Å². The van der Waals surface area contributed by atoms with E-state index in [0.29, 0.717) is 11.8 Å². The summed E-state index contributed by atoms with van der Waals surface area (Å²) < 4.78 is 23.3. The third-order valence-electron chi connectivity index (χ3n) is 4.14. The minimum Gasteiger partial charge on any atom is -0.309 e. The van der Waals surface area contributed by atoms with E-state index in [-0.39, 0.29) is 5.75 Å². The van der Waals surface area contributed by atoms with Crippen LogP contribution in [0, 0.1) is 0 Å². The zero-order valence-corrected chi connectivity index (χ0v) is 14.8. The second kappa shape index (κ2) is 7.75. The number of sulfone groups is 1. The van der Waals surface area contributed by atoms with Crippen LogP contribution in [0.2, 0.25) is 0 Å². The molecule has 0 radical (unpaired) electrons. The number of nitrogens with one attached hydrogen (secondary N) is 1. The molecule has 1 aromatic heterocycles. The highest BCUT2D eigenvalue weighted by atomic mass is 32.2. The van der Waals surface area contributed by atoms with Crippen LogP contribution < -0.4 is 5.32 Å². The maximum absolute atomic E-state index is 11.6. The van der Waals surface area contributed by atoms with E-state index < -0.39 is 9.84 Å². The van der Waals surface area contributed by atoms with Crippen LogP contribution in [-0.2, 0) is 22.7 Å². The number of aryl methyl sites for hydroxylation is 2. The number of rotatable bonds is 9. The van der Waals surface area contributed by atoms with Gasteiger partial charge in [-0.1, -0.05) is 13.8 Å². The van der Waals surface area contributed by atoms with Gasteiger partial charge in [0.05, 0.1) is 5.75 Å². The summed E-state index contributed by atoms with van der Waals surface area (Å²) in [6.07, 6.45) is 6.51. The Morgan fingerprint density at radius 3 is 2.81 bits per heavy atom. The van der Waals surface area contributed by atoms with Gasteiger partial charge < -0.3 is 5.32 Å². The SMILES string of the molecule is CCCNC(CCCS(=O)(=O)CC)c1cc2c(s1)CCC2. The van der Waals surface area contributed by atoms with Gasteiger partial charge in [-0.15, -0.1) is 11.3 Å². The molecule has 1 aromatic rings. The van der Waals surface area contributed by atoms with E-state index in [4.69, 9.17) is 0 Å². The highest BCUT2D eigenvalue weighted by Crippen LogP contribution is 2.35. The molecule has 2 rings (SSSR count). The third kappa shape index (κ3) is 4.80. The van der Waals surface area contributed by atoms with Crippen molar-refractivity contribution in [3.05, 3.63) is 21.4 Å². The molecule has 5 heteroatoms. The molecule has 0 spiro atoms. The highest BCUT2D eigenvalue weighted by molar-refractivity contribution is 7.91. The van der Waals surface area contributed by atoms with Gasteiger partial charge in [0.2, 0.25) is 0 Å². The van der Waals surface area contributed by atoms with Gasteiger partial charge in [0, 0.05) is 21.5 Å². The molecule has 0 fully saturated rings. The maximum atomic E-state index is 11.6. The molecule has 1 atom stereocenters. The molecule has 1 aliphatic carbocycles. The number of fused-ring (bicyclic) bond motifs is 1. The van der Waals surface area contributed by atoms with Gasteiger partial charge in [0.25, 0.3) is 0 Å². The smallest absolute Gasteiger partial charge is 0.150 e. The Morgan fingerprint density at radius 1 is 1.33 bits per heavy atom. The lowest BCUT2D eigenvalue weighted by atomic mass is 10.1. The molecule has 0 saturated heterocycles. The molecule has 0 bridgehead atoms. The second-order valence-corrected chi connectivity index (χ2v) is 9.48. The summed E-state index contributed by atoms with van der Waals surface area (Å²) in [5.74, 6) is 0.576. The molecule has 1 unspecified atom stereocenters. The molecule has 0 aromatic carbocycles. The Balaban J connectivity index is 1.97. The van der Waals surface area contributed by atoms with E-state index in [1.807, 2.05) is 11.3 Å². The fourth-order valence-electron chi connectivity index (χ4n) is 2.84. The fourth-order valence-corrected chi connectivity index (χ4v) is 5.10. The normalized spacial score (nSPS) is 16.1. The first-order chi connectivity index (χ1) is 10.1. The molecule has 0 amide bonds. The molecule has 1 aliphatic rings. The summed E-state index contributed by atoms with van der Waals surface area (Å²) in [6, 6.07) is 2.68. The molecular weight excluding hydrogens is 302 g/mol. The third-order valence-corrected chi connectivity index (χ3v) is 7.28. The molecule has 1 N–H and O–H groups in total. The minimum atomic E-state index is -2.84. The molecule has 1 heterocycles. The van der Waals surface area contributed by atoms with Crippen molar-refractivity contribution in [3.8, 4) is 0 Å². The van der Waals surface area contributed by atoms with Gasteiger partial charge >= 0.3 is 0 Å². The largest absolute Gasteiger partial charge is 0.309 e. The molecule has 3 nitrogen and oxygen atoms in total.